The minimum Gasteiger partial charge on any atom is -0.492 e. The number of para-hydroxylation sites is 1. The van der Waals surface area contributed by atoms with E-state index in [1.807, 2.05) is 37.3 Å². The Morgan fingerprint density at radius 3 is 2.21 bits per heavy atom. The molecular formula is C27H32N2O4S. The third kappa shape index (κ3) is 7.09. The van der Waals surface area contributed by atoms with Gasteiger partial charge in [-0.05, 0) is 60.4 Å². The van der Waals surface area contributed by atoms with Crippen molar-refractivity contribution in [3.05, 3.63) is 95.1 Å². The summed E-state index contributed by atoms with van der Waals surface area (Å²) in [5, 5.41) is 2.85. The van der Waals surface area contributed by atoms with Crippen molar-refractivity contribution in [1.82, 2.24) is 5.32 Å². The largest absolute Gasteiger partial charge is 0.492 e. The molecule has 0 aliphatic carbocycles. The molecule has 3 rings (SSSR count). The number of benzene rings is 3. The fourth-order valence-corrected chi connectivity index (χ4v) is 4.57. The molecule has 0 unspecified atom stereocenters. The lowest BCUT2D eigenvalue weighted by Gasteiger charge is -2.24. The summed E-state index contributed by atoms with van der Waals surface area (Å²) in [6.45, 7) is 4.97. The summed E-state index contributed by atoms with van der Waals surface area (Å²) in [7, 11) is -3.47. The first-order valence-electron chi connectivity index (χ1n) is 11.4. The van der Waals surface area contributed by atoms with Gasteiger partial charge >= 0.3 is 0 Å². The van der Waals surface area contributed by atoms with Crippen molar-refractivity contribution < 1.29 is 17.9 Å². The standard InChI is InChI=1S/C27H32N2O4S/c1-4-7-22-12-16-25(17-13-22)33-19-18-28-27(30)24-14-10-23(11-15-24)20-29(34(3,31)32)26-9-6-5-8-21(26)2/h5-6,8-17H,4,7,18-20H2,1-3H3,(H,28,30). The maximum absolute atomic E-state index is 12.5. The van der Waals surface area contributed by atoms with E-state index in [-0.39, 0.29) is 12.5 Å². The Hall–Kier alpha value is -3.32. The van der Waals surface area contributed by atoms with Crippen molar-refractivity contribution in [2.75, 3.05) is 23.7 Å². The molecule has 0 saturated heterocycles. The average Bonchev–Trinajstić information content (AvgIpc) is 2.82. The van der Waals surface area contributed by atoms with Crippen molar-refractivity contribution in [3.63, 3.8) is 0 Å². The van der Waals surface area contributed by atoms with Crippen LogP contribution in [0.25, 0.3) is 0 Å². The summed E-state index contributed by atoms with van der Waals surface area (Å²) >= 11 is 0. The summed E-state index contributed by atoms with van der Waals surface area (Å²) < 4.78 is 31.9. The van der Waals surface area contributed by atoms with Crippen molar-refractivity contribution in [2.45, 2.75) is 33.2 Å². The zero-order chi connectivity index (χ0) is 24.6. The molecule has 0 aromatic heterocycles. The molecule has 1 N–H and O–H groups in total. The fraction of sp³-hybridized carbons (Fsp3) is 0.296. The minimum absolute atomic E-state index is 0.191. The minimum atomic E-state index is -3.47. The number of aryl methyl sites for hydroxylation is 2. The predicted molar refractivity (Wildman–Crippen MR) is 137 cm³/mol. The Morgan fingerprint density at radius 2 is 1.59 bits per heavy atom. The van der Waals surface area contributed by atoms with Gasteiger partial charge in [0.1, 0.15) is 12.4 Å². The van der Waals surface area contributed by atoms with Crippen LogP contribution in [-0.2, 0) is 23.0 Å². The molecule has 0 bridgehead atoms. The number of carbonyl (C=O) groups is 1. The summed E-state index contributed by atoms with van der Waals surface area (Å²) in [6.07, 6.45) is 3.35. The number of amides is 1. The summed E-state index contributed by atoms with van der Waals surface area (Å²) in [6, 6.07) is 22.3. The SMILES string of the molecule is CCCc1ccc(OCCNC(=O)c2ccc(CN(c3ccccc3C)S(C)(=O)=O)cc2)cc1. The highest BCUT2D eigenvalue weighted by atomic mass is 32.2. The Morgan fingerprint density at radius 1 is 0.941 bits per heavy atom. The lowest BCUT2D eigenvalue weighted by atomic mass is 10.1. The molecule has 0 spiro atoms. The van der Waals surface area contributed by atoms with Crippen molar-refractivity contribution in [1.29, 1.82) is 0 Å². The predicted octanol–water partition coefficient (Wildman–Crippen LogP) is 4.72. The van der Waals surface area contributed by atoms with E-state index < -0.39 is 10.0 Å². The van der Waals surface area contributed by atoms with Crippen LogP contribution < -0.4 is 14.4 Å². The lowest BCUT2D eigenvalue weighted by Crippen LogP contribution is -2.30. The molecule has 3 aromatic rings. The molecule has 0 saturated carbocycles. The topological polar surface area (TPSA) is 75.7 Å². The quantitative estimate of drug-likeness (QED) is 0.403. The van der Waals surface area contributed by atoms with E-state index in [1.165, 1.54) is 16.1 Å². The first-order chi connectivity index (χ1) is 16.3. The van der Waals surface area contributed by atoms with Gasteiger partial charge in [0.05, 0.1) is 25.0 Å². The van der Waals surface area contributed by atoms with Crippen LogP contribution in [0.5, 0.6) is 5.75 Å². The second-order valence-electron chi connectivity index (χ2n) is 8.25. The second kappa shape index (κ2) is 11.7. The molecule has 6 nitrogen and oxygen atoms in total. The number of sulfonamides is 1. The van der Waals surface area contributed by atoms with Crippen LogP contribution in [-0.4, -0.2) is 33.7 Å². The summed E-state index contributed by atoms with van der Waals surface area (Å²) in [5.41, 5.74) is 4.11. The van der Waals surface area contributed by atoms with Gasteiger partial charge in [0, 0.05) is 5.56 Å². The molecule has 0 aliphatic rings. The van der Waals surface area contributed by atoms with Crippen molar-refractivity contribution in [3.8, 4) is 5.75 Å². The maximum Gasteiger partial charge on any atom is 0.251 e. The smallest absolute Gasteiger partial charge is 0.251 e. The number of hydrogen-bond donors (Lipinski definition) is 1. The van der Waals surface area contributed by atoms with E-state index in [9.17, 15) is 13.2 Å². The normalized spacial score (nSPS) is 11.1. The number of anilines is 1. The van der Waals surface area contributed by atoms with Crippen molar-refractivity contribution >= 4 is 21.6 Å². The van der Waals surface area contributed by atoms with Gasteiger partial charge in [0.2, 0.25) is 10.0 Å². The molecule has 0 fully saturated rings. The van der Waals surface area contributed by atoms with Crippen LogP contribution in [0, 0.1) is 6.92 Å². The zero-order valence-corrected chi connectivity index (χ0v) is 20.8. The fourth-order valence-electron chi connectivity index (χ4n) is 3.63. The molecule has 1 amide bonds. The maximum atomic E-state index is 12.5. The van der Waals surface area contributed by atoms with E-state index in [0.717, 1.165) is 29.7 Å². The molecule has 0 radical (unpaired) electrons. The van der Waals surface area contributed by atoms with Gasteiger partial charge in [0.25, 0.3) is 5.91 Å². The van der Waals surface area contributed by atoms with E-state index in [0.29, 0.717) is 24.4 Å². The Kier molecular flexibility index (Phi) is 8.71. The molecule has 0 aliphatic heterocycles. The van der Waals surface area contributed by atoms with E-state index in [1.54, 1.807) is 30.3 Å². The first-order valence-corrected chi connectivity index (χ1v) is 13.2. The summed E-state index contributed by atoms with van der Waals surface area (Å²) in [5.74, 6) is 0.579. The van der Waals surface area contributed by atoms with E-state index in [4.69, 9.17) is 4.74 Å². The van der Waals surface area contributed by atoms with Crippen LogP contribution >= 0.6 is 0 Å². The molecule has 0 heterocycles. The highest BCUT2D eigenvalue weighted by Gasteiger charge is 2.19. The second-order valence-corrected chi connectivity index (χ2v) is 10.2. The summed E-state index contributed by atoms with van der Waals surface area (Å²) in [4.78, 5) is 12.5. The van der Waals surface area contributed by atoms with Crippen LogP contribution in [0.15, 0.2) is 72.8 Å². The molecule has 3 aromatic carbocycles. The van der Waals surface area contributed by atoms with Gasteiger partial charge in [-0.25, -0.2) is 8.42 Å². The van der Waals surface area contributed by atoms with E-state index in [2.05, 4.69) is 24.4 Å². The zero-order valence-electron chi connectivity index (χ0n) is 20.0. The van der Waals surface area contributed by atoms with Gasteiger partial charge < -0.3 is 10.1 Å². The van der Waals surface area contributed by atoms with Gasteiger partial charge in [0.15, 0.2) is 0 Å². The number of hydrogen-bond acceptors (Lipinski definition) is 4. The van der Waals surface area contributed by atoms with Gasteiger partial charge in [-0.15, -0.1) is 0 Å². The van der Waals surface area contributed by atoms with Crippen molar-refractivity contribution in [2.24, 2.45) is 0 Å². The van der Waals surface area contributed by atoms with E-state index >= 15 is 0 Å². The number of nitrogens with zero attached hydrogens (tertiary/aromatic N) is 1. The number of ether oxygens (including phenoxy) is 1. The highest BCUT2D eigenvalue weighted by molar-refractivity contribution is 7.92. The Balaban J connectivity index is 1.54. The molecule has 7 heteroatoms. The molecule has 180 valence electrons. The first kappa shape index (κ1) is 25.3. The molecule has 0 atom stereocenters. The highest BCUT2D eigenvalue weighted by Crippen LogP contribution is 2.24. The third-order valence-corrected chi connectivity index (χ3v) is 6.57. The lowest BCUT2D eigenvalue weighted by molar-refractivity contribution is 0.0947. The van der Waals surface area contributed by atoms with Crippen LogP contribution in [0.2, 0.25) is 0 Å². The van der Waals surface area contributed by atoms with Crippen LogP contribution in [0.1, 0.15) is 40.4 Å². The van der Waals surface area contributed by atoms with Gasteiger partial charge in [-0.2, -0.15) is 0 Å². The van der Waals surface area contributed by atoms with Gasteiger partial charge in [-0.3, -0.25) is 9.10 Å². The third-order valence-electron chi connectivity index (χ3n) is 5.45. The number of nitrogens with one attached hydrogen (secondary N) is 1. The number of rotatable bonds is 11. The van der Waals surface area contributed by atoms with Gasteiger partial charge in [-0.1, -0.05) is 55.8 Å². The number of carbonyl (C=O) groups excluding carboxylic acids is 1. The Bertz CT molecular complexity index is 1190. The van der Waals surface area contributed by atoms with Crippen LogP contribution in [0.4, 0.5) is 5.69 Å². The monoisotopic (exact) mass is 480 g/mol. The molecule has 34 heavy (non-hydrogen) atoms. The molecular weight excluding hydrogens is 448 g/mol. The Labute approximate surface area is 202 Å². The average molecular weight is 481 g/mol. The van der Waals surface area contributed by atoms with Crippen LogP contribution in [0.3, 0.4) is 0 Å².